The zero-order chi connectivity index (χ0) is 20.8. The summed E-state index contributed by atoms with van der Waals surface area (Å²) in [5.41, 5.74) is 2.77. The van der Waals surface area contributed by atoms with Gasteiger partial charge in [-0.3, -0.25) is 9.48 Å². The van der Waals surface area contributed by atoms with E-state index in [-0.39, 0.29) is 12.5 Å². The number of ether oxygens (including phenoxy) is 1. The van der Waals surface area contributed by atoms with Gasteiger partial charge in [-0.2, -0.15) is 18.3 Å². The van der Waals surface area contributed by atoms with E-state index in [9.17, 15) is 18.0 Å². The SMILES string of the molecule is Cc1nn(CC(F)(F)F)c(C)c1[C@@H]1COCCN1C(=O)c1cc2ccccc2[nH]1. The van der Waals surface area contributed by atoms with Crippen molar-refractivity contribution >= 4 is 16.8 Å². The molecule has 9 heteroatoms. The predicted molar refractivity (Wildman–Crippen MR) is 101 cm³/mol. The first-order chi connectivity index (χ1) is 13.7. The first-order valence-electron chi connectivity index (χ1n) is 9.32. The van der Waals surface area contributed by atoms with Gasteiger partial charge in [0.25, 0.3) is 5.91 Å². The number of aryl methyl sites for hydroxylation is 1. The fraction of sp³-hybridized carbons (Fsp3) is 0.400. The van der Waals surface area contributed by atoms with Crippen LogP contribution in [0.1, 0.15) is 33.5 Å². The third-order valence-corrected chi connectivity index (χ3v) is 5.25. The number of morpholine rings is 1. The summed E-state index contributed by atoms with van der Waals surface area (Å²) in [6.07, 6.45) is -4.37. The molecule has 154 valence electrons. The highest BCUT2D eigenvalue weighted by Gasteiger charge is 2.36. The van der Waals surface area contributed by atoms with E-state index in [0.717, 1.165) is 15.6 Å². The summed E-state index contributed by atoms with van der Waals surface area (Å²) in [5.74, 6) is -0.211. The van der Waals surface area contributed by atoms with Crippen LogP contribution in [-0.2, 0) is 11.3 Å². The van der Waals surface area contributed by atoms with E-state index in [2.05, 4.69) is 10.1 Å². The highest BCUT2D eigenvalue weighted by atomic mass is 19.4. The minimum atomic E-state index is -4.37. The van der Waals surface area contributed by atoms with Crippen LogP contribution in [0.4, 0.5) is 13.2 Å². The summed E-state index contributed by atoms with van der Waals surface area (Å²) in [7, 11) is 0. The summed E-state index contributed by atoms with van der Waals surface area (Å²) in [6, 6.07) is 8.87. The maximum absolute atomic E-state index is 13.2. The average molecular weight is 406 g/mol. The standard InChI is InChI=1S/C20H21F3N4O2/c1-12-18(13(2)27(25-12)11-20(21,22)23)17-10-29-8-7-26(17)19(28)16-9-14-5-3-4-6-15(14)24-16/h3-6,9,17,24H,7-8,10-11H2,1-2H3/t17-/m0/s1. The molecule has 0 radical (unpaired) electrons. The van der Waals surface area contributed by atoms with E-state index in [1.54, 1.807) is 24.8 Å². The number of carbonyl (C=O) groups is 1. The second kappa shape index (κ2) is 7.22. The fourth-order valence-corrected chi connectivity index (χ4v) is 3.95. The first kappa shape index (κ1) is 19.5. The van der Waals surface area contributed by atoms with Crippen LogP contribution in [-0.4, -0.2) is 51.5 Å². The van der Waals surface area contributed by atoms with E-state index >= 15 is 0 Å². The van der Waals surface area contributed by atoms with Crippen LogP contribution in [0, 0.1) is 13.8 Å². The molecule has 1 amide bonds. The highest BCUT2D eigenvalue weighted by molar-refractivity contribution is 5.98. The van der Waals surface area contributed by atoms with Crippen LogP contribution in [0.15, 0.2) is 30.3 Å². The van der Waals surface area contributed by atoms with Gasteiger partial charge in [-0.05, 0) is 26.0 Å². The maximum Gasteiger partial charge on any atom is 0.408 e. The number of rotatable bonds is 3. The van der Waals surface area contributed by atoms with Crippen molar-refractivity contribution in [1.29, 1.82) is 0 Å². The summed E-state index contributed by atoms with van der Waals surface area (Å²) in [6.45, 7) is 3.03. The Labute approximate surface area is 165 Å². The number of hydrogen-bond acceptors (Lipinski definition) is 3. The second-order valence-corrected chi connectivity index (χ2v) is 7.22. The number of alkyl halides is 3. The number of carbonyl (C=O) groups excluding carboxylic acids is 1. The molecule has 0 unspecified atom stereocenters. The van der Waals surface area contributed by atoms with E-state index in [1.807, 2.05) is 24.3 Å². The zero-order valence-electron chi connectivity index (χ0n) is 16.1. The number of nitrogens with zero attached hydrogens (tertiary/aromatic N) is 3. The average Bonchev–Trinajstić information content (AvgIpc) is 3.21. The smallest absolute Gasteiger partial charge is 0.377 e. The molecule has 4 rings (SSSR count). The number of halogens is 3. The molecule has 1 aromatic carbocycles. The third-order valence-electron chi connectivity index (χ3n) is 5.25. The van der Waals surface area contributed by atoms with Gasteiger partial charge in [-0.1, -0.05) is 18.2 Å². The molecule has 1 N–H and O–H groups in total. The lowest BCUT2D eigenvalue weighted by atomic mass is 10.0. The van der Waals surface area contributed by atoms with Crippen molar-refractivity contribution in [3.05, 3.63) is 53.0 Å². The lowest BCUT2D eigenvalue weighted by Crippen LogP contribution is -2.44. The largest absolute Gasteiger partial charge is 0.408 e. The Morgan fingerprint density at radius 3 is 2.79 bits per heavy atom. The fourth-order valence-electron chi connectivity index (χ4n) is 3.95. The third kappa shape index (κ3) is 3.74. The van der Waals surface area contributed by atoms with Crippen molar-refractivity contribution in [1.82, 2.24) is 19.7 Å². The van der Waals surface area contributed by atoms with Crippen molar-refractivity contribution in [3.8, 4) is 0 Å². The molecule has 1 fully saturated rings. The monoisotopic (exact) mass is 406 g/mol. The van der Waals surface area contributed by atoms with Gasteiger partial charge < -0.3 is 14.6 Å². The Hall–Kier alpha value is -2.81. The summed E-state index contributed by atoms with van der Waals surface area (Å²) >= 11 is 0. The van der Waals surface area contributed by atoms with Gasteiger partial charge in [0.05, 0.1) is 24.9 Å². The molecule has 29 heavy (non-hydrogen) atoms. The lowest BCUT2D eigenvalue weighted by Gasteiger charge is -2.35. The van der Waals surface area contributed by atoms with Crippen LogP contribution in [0.2, 0.25) is 0 Å². The molecule has 1 aliphatic rings. The number of benzene rings is 1. The summed E-state index contributed by atoms with van der Waals surface area (Å²) in [4.78, 5) is 18.0. The number of fused-ring (bicyclic) bond motifs is 1. The van der Waals surface area contributed by atoms with E-state index in [0.29, 0.717) is 35.8 Å². The minimum absolute atomic E-state index is 0.211. The van der Waals surface area contributed by atoms with Crippen molar-refractivity contribution in [3.63, 3.8) is 0 Å². The van der Waals surface area contributed by atoms with Gasteiger partial charge in [0.2, 0.25) is 0 Å². The summed E-state index contributed by atoms with van der Waals surface area (Å²) in [5, 5.41) is 4.99. The van der Waals surface area contributed by atoms with Gasteiger partial charge in [0, 0.05) is 28.7 Å². The number of H-pyrrole nitrogens is 1. The minimum Gasteiger partial charge on any atom is -0.377 e. The molecule has 0 bridgehead atoms. The number of para-hydroxylation sites is 1. The molecular weight excluding hydrogens is 385 g/mol. The normalized spacial score (nSPS) is 17.8. The Kier molecular flexibility index (Phi) is 4.85. The highest BCUT2D eigenvalue weighted by Crippen LogP contribution is 2.32. The molecule has 0 spiro atoms. The topological polar surface area (TPSA) is 63.1 Å². The molecule has 0 aliphatic carbocycles. The van der Waals surface area contributed by atoms with Gasteiger partial charge in [-0.25, -0.2) is 0 Å². The lowest BCUT2D eigenvalue weighted by molar-refractivity contribution is -0.143. The Bertz CT molecular complexity index is 1020. The van der Waals surface area contributed by atoms with E-state index < -0.39 is 18.8 Å². The Balaban J connectivity index is 1.68. The number of amides is 1. The Morgan fingerprint density at radius 1 is 1.31 bits per heavy atom. The van der Waals surface area contributed by atoms with Gasteiger partial charge in [0.1, 0.15) is 12.2 Å². The van der Waals surface area contributed by atoms with Crippen LogP contribution in [0.3, 0.4) is 0 Å². The molecule has 1 saturated heterocycles. The van der Waals surface area contributed by atoms with Crippen molar-refractivity contribution in [2.24, 2.45) is 0 Å². The second-order valence-electron chi connectivity index (χ2n) is 7.22. The first-order valence-corrected chi connectivity index (χ1v) is 9.32. The molecule has 0 saturated carbocycles. The van der Waals surface area contributed by atoms with Gasteiger partial charge in [-0.15, -0.1) is 0 Å². The maximum atomic E-state index is 13.2. The van der Waals surface area contributed by atoms with Crippen LogP contribution in [0.5, 0.6) is 0 Å². The number of aromatic nitrogens is 3. The molecule has 2 aromatic heterocycles. The predicted octanol–water partition coefficient (Wildman–Crippen LogP) is 3.76. The molecule has 1 atom stereocenters. The number of aromatic amines is 1. The molecule has 3 aromatic rings. The zero-order valence-corrected chi connectivity index (χ0v) is 16.1. The van der Waals surface area contributed by atoms with E-state index in [4.69, 9.17) is 4.74 Å². The van der Waals surface area contributed by atoms with Gasteiger partial charge in [0.15, 0.2) is 0 Å². The van der Waals surface area contributed by atoms with Crippen LogP contribution < -0.4 is 0 Å². The Morgan fingerprint density at radius 2 is 2.07 bits per heavy atom. The van der Waals surface area contributed by atoms with Crippen LogP contribution in [0.25, 0.3) is 10.9 Å². The molecule has 6 nitrogen and oxygen atoms in total. The number of hydrogen-bond donors (Lipinski definition) is 1. The van der Waals surface area contributed by atoms with Crippen molar-refractivity contribution in [2.45, 2.75) is 32.6 Å². The van der Waals surface area contributed by atoms with Crippen LogP contribution >= 0.6 is 0 Å². The van der Waals surface area contributed by atoms with Crippen molar-refractivity contribution < 1.29 is 22.7 Å². The molecular formula is C20H21F3N4O2. The summed E-state index contributed by atoms with van der Waals surface area (Å²) < 4.78 is 45.2. The van der Waals surface area contributed by atoms with E-state index in [1.165, 1.54) is 0 Å². The molecule has 3 heterocycles. The molecule has 1 aliphatic heterocycles. The van der Waals surface area contributed by atoms with Crippen molar-refractivity contribution in [2.75, 3.05) is 19.8 Å². The number of nitrogens with one attached hydrogen (secondary N) is 1. The quantitative estimate of drug-likeness (QED) is 0.721. The van der Waals surface area contributed by atoms with Gasteiger partial charge >= 0.3 is 6.18 Å².